The first kappa shape index (κ1) is 18.1. The first-order valence-electron chi connectivity index (χ1n) is 7.33. The van der Waals surface area contributed by atoms with Gasteiger partial charge in [0.25, 0.3) is 0 Å². The van der Waals surface area contributed by atoms with E-state index >= 15 is 0 Å². The van der Waals surface area contributed by atoms with Gasteiger partial charge in [0.2, 0.25) is 0 Å². The molecule has 4 unspecified atom stereocenters. The maximum Gasteiger partial charge on any atom is 0.330 e. The Kier molecular flexibility index (Phi) is 8.15. The van der Waals surface area contributed by atoms with Crippen molar-refractivity contribution >= 4 is 11.9 Å². The molecule has 4 atom stereocenters. The molecule has 2 N–H and O–H groups in total. The van der Waals surface area contributed by atoms with Crippen LogP contribution in [0.25, 0.3) is 0 Å². The van der Waals surface area contributed by atoms with Crippen molar-refractivity contribution < 1.29 is 24.5 Å². The maximum absolute atomic E-state index is 11.1. The van der Waals surface area contributed by atoms with Crippen LogP contribution in [0.15, 0.2) is 42.5 Å². The molecule has 1 aliphatic rings. The summed E-state index contributed by atoms with van der Waals surface area (Å²) >= 11 is 0. The molecule has 0 amide bonds. The van der Waals surface area contributed by atoms with Crippen LogP contribution in [0.4, 0.5) is 0 Å². The molecule has 0 spiro atoms. The quantitative estimate of drug-likeness (QED) is 0.321. The first-order valence-corrected chi connectivity index (χ1v) is 7.33. The summed E-state index contributed by atoms with van der Waals surface area (Å²) in [5.74, 6) is 0.906. The highest BCUT2D eigenvalue weighted by Gasteiger charge is 2.39. The summed E-state index contributed by atoms with van der Waals surface area (Å²) in [6, 6.07) is 0. The summed E-state index contributed by atoms with van der Waals surface area (Å²) in [4.78, 5) is 21.3. The van der Waals surface area contributed by atoms with E-state index in [1.54, 1.807) is 43.2 Å². The summed E-state index contributed by atoms with van der Waals surface area (Å²) in [7, 11) is 0. The number of hydrogen-bond acceptors (Lipinski definition) is 5. The number of aliphatic hydroxyl groups excluding tert-OH is 2. The fourth-order valence-corrected chi connectivity index (χ4v) is 2.54. The average molecular weight is 306 g/mol. The first-order chi connectivity index (χ1) is 10.6. The summed E-state index contributed by atoms with van der Waals surface area (Å²) in [6.45, 7) is 2.08. The van der Waals surface area contributed by atoms with Crippen molar-refractivity contribution in [2.24, 2.45) is 11.8 Å². The van der Waals surface area contributed by atoms with E-state index in [1.165, 1.54) is 12.2 Å². The van der Waals surface area contributed by atoms with Gasteiger partial charge in [-0.05, 0) is 19.3 Å². The van der Waals surface area contributed by atoms with Gasteiger partial charge >= 0.3 is 5.97 Å². The minimum atomic E-state index is -0.625. The number of rotatable bonds is 7. The van der Waals surface area contributed by atoms with Crippen LogP contribution in [0.5, 0.6) is 0 Å². The molecule has 0 bridgehead atoms. The lowest BCUT2D eigenvalue weighted by Crippen LogP contribution is -2.19. The Hall–Kier alpha value is -1.94. The minimum absolute atomic E-state index is 0.184. The third-order valence-electron chi connectivity index (χ3n) is 3.57. The number of esters is 1. The van der Waals surface area contributed by atoms with Crippen molar-refractivity contribution in [3.05, 3.63) is 42.5 Å². The molecule has 120 valence electrons. The van der Waals surface area contributed by atoms with Crippen molar-refractivity contribution in [1.82, 2.24) is 0 Å². The zero-order valence-corrected chi connectivity index (χ0v) is 12.6. The standard InChI is InChI=1S/C17H22O5/c1-2-22-17(21)10-6-4-3-5-8-13-14(9-7-11-18)16(20)12-15(13)19/h3-8,10,13-16,19-20H,2,9,12H2,1H3. The smallest absolute Gasteiger partial charge is 0.330 e. The molecule has 0 aromatic carbocycles. The van der Waals surface area contributed by atoms with Gasteiger partial charge in [-0.3, -0.25) is 0 Å². The molecule has 1 rings (SSSR count). The normalized spacial score (nSPS) is 28.5. The Labute approximate surface area is 130 Å². The van der Waals surface area contributed by atoms with Crippen LogP contribution in [0, 0.1) is 11.8 Å². The number of hydrogen-bond donors (Lipinski definition) is 2. The van der Waals surface area contributed by atoms with Crippen molar-refractivity contribution in [1.29, 1.82) is 0 Å². The molecule has 22 heavy (non-hydrogen) atoms. The zero-order valence-electron chi connectivity index (χ0n) is 12.6. The molecule has 1 aliphatic carbocycles. The molecule has 0 radical (unpaired) electrons. The van der Waals surface area contributed by atoms with Crippen molar-refractivity contribution in [3.63, 3.8) is 0 Å². The summed E-state index contributed by atoms with van der Waals surface area (Å²) in [6.07, 6.45) is 10.6. The van der Waals surface area contributed by atoms with Gasteiger partial charge in [0.05, 0.1) is 18.8 Å². The van der Waals surface area contributed by atoms with Crippen LogP contribution in [0.2, 0.25) is 0 Å². The van der Waals surface area contributed by atoms with E-state index in [9.17, 15) is 19.8 Å². The van der Waals surface area contributed by atoms with E-state index in [4.69, 9.17) is 4.74 Å². The van der Waals surface area contributed by atoms with Crippen molar-refractivity contribution in [2.75, 3.05) is 6.61 Å². The molecular weight excluding hydrogens is 284 g/mol. The van der Waals surface area contributed by atoms with Gasteiger partial charge in [0, 0.05) is 24.5 Å². The predicted molar refractivity (Wildman–Crippen MR) is 82.5 cm³/mol. The number of ether oxygens (including phenoxy) is 1. The van der Waals surface area contributed by atoms with E-state index in [0.717, 1.165) is 0 Å². The number of aliphatic hydroxyl groups is 2. The zero-order chi connectivity index (χ0) is 16.4. The highest BCUT2D eigenvalue weighted by Crippen LogP contribution is 2.35. The minimum Gasteiger partial charge on any atom is -0.463 e. The molecule has 0 saturated heterocycles. The molecule has 0 aromatic rings. The van der Waals surface area contributed by atoms with Crippen molar-refractivity contribution in [2.45, 2.75) is 32.0 Å². The lowest BCUT2D eigenvalue weighted by molar-refractivity contribution is -0.137. The topological polar surface area (TPSA) is 83.8 Å². The van der Waals surface area contributed by atoms with E-state index in [0.29, 0.717) is 19.4 Å². The van der Waals surface area contributed by atoms with Gasteiger partial charge in [-0.15, -0.1) is 0 Å². The number of carbonyl (C=O) groups is 1. The highest BCUT2D eigenvalue weighted by molar-refractivity contribution is 5.82. The largest absolute Gasteiger partial charge is 0.463 e. The van der Waals surface area contributed by atoms with Crippen LogP contribution < -0.4 is 0 Å². The molecular formula is C17H22O5. The Morgan fingerprint density at radius 1 is 1.23 bits per heavy atom. The van der Waals surface area contributed by atoms with E-state index in [2.05, 4.69) is 0 Å². The summed E-state index contributed by atoms with van der Waals surface area (Å²) in [5, 5.41) is 19.8. The van der Waals surface area contributed by atoms with Gasteiger partial charge < -0.3 is 14.9 Å². The molecule has 5 nitrogen and oxygen atoms in total. The van der Waals surface area contributed by atoms with Gasteiger partial charge in [-0.1, -0.05) is 30.4 Å². The average Bonchev–Trinajstić information content (AvgIpc) is 2.74. The van der Waals surface area contributed by atoms with Crippen LogP contribution in [0.1, 0.15) is 19.8 Å². The fourth-order valence-electron chi connectivity index (χ4n) is 2.54. The van der Waals surface area contributed by atoms with Crippen LogP contribution in [0.3, 0.4) is 0 Å². The van der Waals surface area contributed by atoms with Crippen LogP contribution in [-0.4, -0.2) is 40.9 Å². The monoisotopic (exact) mass is 306 g/mol. The second-order valence-corrected chi connectivity index (χ2v) is 5.05. The predicted octanol–water partition coefficient (Wildman–Crippen LogP) is 1.35. The Morgan fingerprint density at radius 3 is 2.64 bits per heavy atom. The second-order valence-electron chi connectivity index (χ2n) is 5.05. The van der Waals surface area contributed by atoms with Gasteiger partial charge in [0.1, 0.15) is 5.94 Å². The Balaban J connectivity index is 2.55. The molecule has 5 heteroatoms. The van der Waals surface area contributed by atoms with E-state index < -0.39 is 18.2 Å². The molecule has 0 aromatic heterocycles. The highest BCUT2D eigenvalue weighted by atomic mass is 16.5. The molecule has 0 aliphatic heterocycles. The van der Waals surface area contributed by atoms with Crippen LogP contribution >= 0.6 is 0 Å². The Bertz CT molecular complexity index is 485. The number of carbonyl (C=O) groups excluding carboxylic acids is 2. The lowest BCUT2D eigenvalue weighted by atomic mass is 9.90. The van der Waals surface area contributed by atoms with Crippen LogP contribution in [-0.2, 0) is 14.3 Å². The fraction of sp³-hybridized carbons (Fsp3) is 0.471. The van der Waals surface area contributed by atoms with Gasteiger partial charge in [0.15, 0.2) is 0 Å². The third kappa shape index (κ3) is 5.82. The molecule has 0 heterocycles. The van der Waals surface area contributed by atoms with E-state index in [1.807, 2.05) is 0 Å². The lowest BCUT2D eigenvalue weighted by Gasteiger charge is -2.18. The molecule has 1 fully saturated rings. The second kappa shape index (κ2) is 9.90. The van der Waals surface area contributed by atoms with E-state index in [-0.39, 0.29) is 11.8 Å². The SMILES string of the molecule is CCOC(=O)C=CC=CC=CC1C(O)CC(O)C1CC=C=O. The number of allylic oxidation sites excluding steroid dienone is 5. The maximum atomic E-state index is 11.1. The summed E-state index contributed by atoms with van der Waals surface area (Å²) < 4.78 is 4.73. The Morgan fingerprint density at radius 2 is 1.95 bits per heavy atom. The van der Waals surface area contributed by atoms with Crippen molar-refractivity contribution in [3.8, 4) is 0 Å². The van der Waals surface area contributed by atoms with Gasteiger partial charge in [-0.2, -0.15) is 0 Å². The molecule has 1 saturated carbocycles. The van der Waals surface area contributed by atoms with Gasteiger partial charge in [-0.25, -0.2) is 9.59 Å². The summed E-state index contributed by atoms with van der Waals surface area (Å²) in [5.41, 5.74) is 0. The third-order valence-corrected chi connectivity index (χ3v) is 3.57.